The summed E-state index contributed by atoms with van der Waals surface area (Å²) in [5.74, 6) is -0.718. The van der Waals surface area contributed by atoms with Crippen LogP contribution in [0.4, 0.5) is 4.79 Å². The second-order valence-corrected chi connectivity index (χ2v) is 9.49. The van der Waals surface area contributed by atoms with Gasteiger partial charge in [-0.25, -0.2) is 4.79 Å². The summed E-state index contributed by atoms with van der Waals surface area (Å²) < 4.78 is 5.71. The van der Waals surface area contributed by atoms with Crippen LogP contribution in [0.25, 0.3) is 0 Å². The van der Waals surface area contributed by atoms with E-state index in [9.17, 15) is 19.5 Å². The second-order valence-electron chi connectivity index (χ2n) is 9.49. The number of β-lactam (4-membered cyclic amide) rings is 1. The molecule has 176 valence electrons. The highest BCUT2D eigenvalue weighted by molar-refractivity contribution is 5.99. The van der Waals surface area contributed by atoms with Gasteiger partial charge in [-0.3, -0.25) is 14.5 Å². The van der Waals surface area contributed by atoms with Gasteiger partial charge in [0, 0.05) is 13.1 Å². The lowest BCUT2D eigenvalue weighted by molar-refractivity contribution is -0.172. The number of hydrogen-bond acceptors (Lipinski definition) is 5. The highest BCUT2D eigenvalue weighted by Crippen LogP contribution is 2.41. The Hall–Kier alpha value is -2.61. The van der Waals surface area contributed by atoms with Crippen molar-refractivity contribution < 1.29 is 24.2 Å². The van der Waals surface area contributed by atoms with Gasteiger partial charge in [-0.15, -0.1) is 0 Å². The van der Waals surface area contributed by atoms with Gasteiger partial charge in [0.15, 0.2) is 0 Å². The van der Waals surface area contributed by atoms with Crippen LogP contribution in [0.15, 0.2) is 30.3 Å². The molecule has 1 unspecified atom stereocenters. The van der Waals surface area contributed by atoms with Crippen molar-refractivity contribution in [2.45, 2.75) is 83.2 Å². The van der Waals surface area contributed by atoms with E-state index in [4.69, 9.17) is 4.74 Å². The molecule has 3 rings (SSSR count). The first-order valence-electron chi connectivity index (χ1n) is 11.4. The number of aliphatic hydroxyl groups excluding tert-OH is 1. The number of amides is 3. The summed E-state index contributed by atoms with van der Waals surface area (Å²) in [6.45, 7) is 8.22. The molecule has 1 aromatic rings. The number of nitrogens with one attached hydrogen (secondary N) is 1. The standard InChI is InChI=1S/C24H35N3O5/c1-5-12-23(3,4)32-22(31)27-14-9-13-24(27)16-26(21(24)30)19(17(2)28)20(29)25-15-18-10-7-6-8-11-18/h6-8,10-11,17,19,28H,5,9,12-16H2,1-4H3,(H,25,29)/t17-,19+,24?/m1/s1. The number of nitrogens with zero attached hydrogens (tertiary/aromatic N) is 2. The van der Waals surface area contributed by atoms with E-state index in [0.717, 1.165) is 18.4 Å². The molecule has 3 amide bonds. The summed E-state index contributed by atoms with van der Waals surface area (Å²) in [6, 6.07) is 8.43. The van der Waals surface area contributed by atoms with Gasteiger partial charge in [-0.1, -0.05) is 43.7 Å². The lowest BCUT2D eigenvalue weighted by atomic mass is 9.83. The Bertz CT molecular complexity index is 841. The molecule has 3 atom stereocenters. The van der Waals surface area contributed by atoms with Gasteiger partial charge in [0.05, 0.1) is 12.6 Å². The second kappa shape index (κ2) is 9.48. The predicted octanol–water partition coefficient (Wildman–Crippen LogP) is 2.44. The van der Waals surface area contributed by atoms with Gasteiger partial charge in [-0.2, -0.15) is 0 Å². The van der Waals surface area contributed by atoms with Gasteiger partial charge < -0.3 is 20.1 Å². The van der Waals surface area contributed by atoms with Crippen LogP contribution in [0.5, 0.6) is 0 Å². The van der Waals surface area contributed by atoms with E-state index in [1.54, 1.807) is 0 Å². The fourth-order valence-corrected chi connectivity index (χ4v) is 4.81. The van der Waals surface area contributed by atoms with E-state index < -0.39 is 35.3 Å². The van der Waals surface area contributed by atoms with E-state index in [-0.39, 0.29) is 12.5 Å². The van der Waals surface area contributed by atoms with Gasteiger partial charge in [-0.05, 0) is 45.6 Å². The van der Waals surface area contributed by atoms with Crippen molar-refractivity contribution in [1.82, 2.24) is 15.1 Å². The largest absolute Gasteiger partial charge is 0.443 e. The monoisotopic (exact) mass is 445 g/mol. The van der Waals surface area contributed by atoms with Crippen molar-refractivity contribution in [3.8, 4) is 0 Å². The molecule has 8 heteroatoms. The molecular weight excluding hydrogens is 410 g/mol. The average molecular weight is 446 g/mol. The zero-order valence-electron chi connectivity index (χ0n) is 19.5. The number of carbonyl (C=O) groups is 3. The molecule has 1 spiro atoms. The fourth-order valence-electron chi connectivity index (χ4n) is 4.81. The molecule has 32 heavy (non-hydrogen) atoms. The minimum absolute atomic E-state index is 0.212. The maximum Gasteiger partial charge on any atom is 0.411 e. The van der Waals surface area contributed by atoms with E-state index >= 15 is 0 Å². The van der Waals surface area contributed by atoms with Crippen molar-refractivity contribution in [3.63, 3.8) is 0 Å². The summed E-state index contributed by atoms with van der Waals surface area (Å²) in [5.41, 5.74) is -0.663. The highest BCUT2D eigenvalue weighted by atomic mass is 16.6. The third kappa shape index (κ3) is 4.75. The zero-order chi connectivity index (χ0) is 23.5. The number of rotatable bonds is 8. The number of carbonyl (C=O) groups excluding carboxylic acids is 3. The predicted molar refractivity (Wildman–Crippen MR) is 120 cm³/mol. The van der Waals surface area contributed by atoms with Crippen molar-refractivity contribution in [2.24, 2.45) is 0 Å². The van der Waals surface area contributed by atoms with Gasteiger partial charge in [0.1, 0.15) is 17.2 Å². The minimum Gasteiger partial charge on any atom is -0.443 e. The highest BCUT2D eigenvalue weighted by Gasteiger charge is 2.63. The van der Waals surface area contributed by atoms with E-state index in [1.165, 1.54) is 16.7 Å². The zero-order valence-corrected chi connectivity index (χ0v) is 19.5. The lowest BCUT2D eigenvalue weighted by Gasteiger charge is -2.53. The van der Waals surface area contributed by atoms with Crippen LogP contribution in [0.3, 0.4) is 0 Å². The SMILES string of the molecule is CCCC(C)(C)OC(=O)N1CCCC12CN([C@H](C(=O)NCc1ccccc1)[C@@H](C)O)C2=O. The van der Waals surface area contributed by atoms with Gasteiger partial charge in [0.2, 0.25) is 5.91 Å². The van der Waals surface area contributed by atoms with Crippen molar-refractivity contribution in [3.05, 3.63) is 35.9 Å². The quantitative estimate of drug-likeness (QED) is 0.599. The molecule has 2 saturated heterocycles. The normalized spacial score (nSPS) is 22.5. The Morgan fingerprint density at radius 1 is 1.28 bits per heavy atom. The molecule has 2 aliphatic heterocycles. The molecule has 1 aromatic carbocycles. The maximum absolute atomic E-state index is 13.3. The third-order valence-corrected chi connectivity index (χ3v) is 6.39. The molecule has 0 bridgehead atoms. The summed E-state index contributed by atoms with van der Waals surface area (Å²) >= 11 is 0. The lowest BCUT2D eigenvalue weighted by Crippen LogP contribution is -2.77. The fraction of sp³-hybridized carbons (Fsp3) is 0.625. The first kappa shape index (κ1) is 24.0. The van der Waals surface area contributed by atoms with Crippen LogP contribution in [-0.2, 0) is 20.9 Å². The number of likely N-dealkylation sites (tertiary alicyclic amines) is 2. The topological polar surface area (TPSA) is 99.2 Å². The molecule has 8 nitrogen and oxygen atoms in total. The molecule has 0 aliphatic carbocycles. The van der Waals surface area contributed by atoms with Gasteiger partial charge in [0.25, 0.3) is 5.91 Å². The smallest absolute Gasteiger partial charge is 0.411 e. The molecule has 0 aromatic heterocycles. The third-order valence-electron chi connectivity index (χ3n) is 6.39. The molecule has 2 N–H and O–H groups in total. The Morgan fingerprint density at radius 2 is 1.97 bits per heavy atom. The molecule has 0 saturated carbocycles. The molecule has 2 fully saturated rings. The average Bonchev–Trinajstić information content (AvgIpc) is 3.19. The maximum atomic E-state index is 13.3. The van der Waals surface area contributed by atoms with Crippen LogP contribution in [-0.4, -0.2) is 69.2 Å². The van der Waals surface area contributed by atoms with Crippen LogP contribution in [0.1, 0.15) is 58.9 Å². The van der Waals surface area contributed by atoms with Gasteiger partial charge >= 0.3 is 6.09 Å². The number of aliphatic hydroxyl groups is 1. The van der Waals surface area contributed by atoms with Crippen molar-refractivity contribution >= 4 is 17.9 Å². The Morgan fingerprint density at radius 3 is 2.56 bits per heavy atom. The van der Waals surface area contributed by atoms with Crippen LogP contribution in [0.2, 0.25) is 0 Å². The first-order chi connectivity index (χ1) is 15.1. The van der Waals surface area contributed by atoms with E-state index in [2.05, 4.69) is 5.32 Å². The van der Waals surface area contributed by atoms with Crippen molar-refractivity contribution in [1.29, 1.82) is 0 Å². The number of ether oxygens (including phenoxy) is 1. The molecule has 2 heterocycles. The van der Waals surface area contributed by atoms with Crippen LogP contribution < -0.4 is 5.32 Å². The molecule has 2 aliphatic rings. The minimum atomic E-state index is -1.04. The van der Waals surface area contributed by atoms with E-state index in [0.29, 0.717) is 25.9 Å². The summed E-state index contributed by atoms with van der Waals surface area (Å²) in [6.07, 6.45) is 1.30. The number of hydrogen-bond donors (Lipinski definition) is 2. The van der Waals surface area contributed by atoms with E-state index in [1.807, 2.05) is 51.1 Å². The Kier molecular flexibility index (Phi) is 7.12. The van der Waals surface area contributed by atoms with Crippen LogP contribution in [0, 0.1) is 0 Å². The first-order valence-corrected chi connectivity index (χ1v) is 11.4. The van der Waals surface area contributed by atoms with Crippen LogP contribution >= 0.6 is 0 Å². The molecule has 0 radical (unpaired) electrons. The molecular formula is C24H35N3O5. The Balaban J connectivity index is 1.67. The number of benzene rings is 1. The summed E-state index contributed by atoms with van der Waals surface area (Å²) in [7, 11) is 0. The summed E-state index contributed by atoms with van der Waals surface area (Å²) in [5, 5.41) is 13.1. The van der Waals surface area contributed by atoms with Crippen molar-refractivity contribution in [2.75, 3.05) is 13.1 Å². The Labute approximate surface area is 189 Å². The summed E-state index contributed by atoms with van der Waals surface area (Å²) in [4.78, 5) is 41.9.